The highest BCUT2D eigenvalue weighted by molar-refractivity contribution is 6.01. The molecule has 11 heteroatoms. The number of hydrogen-bond donors (Lipinski definition) is 3. The number of carbonyl (C=O) groups is 2. The summed E-state index contributed by atoms with van der Waals surface area (Å²) in [6.07, 6.45) is 10.2. The monoisotopic (exact) mass is 791 g/mol. The molecule has 0 unspecified atom stereocenters. The Morgan fingerprint density at radius 2 is 1.54 bits per heavy atom. The molecule has 0 aliphatic heterocycles. The zero-order valence-corrected chi connectivity index (χ0v) is 34.3. The number of pyridine rings is 1. The highest BCUT2D eigenvalue weighted by Gasteiger charge is 2.68. The largest absolute Gasteiger partial charge is 0.490 e. The Morgan fingerprint density at radius 1 is 0.893 bits per heavy atom. The number of allylic oxidation sites excluding steroid dienone is 4. The van der Waals surface area contributed by atoms with Crippen LogP contribution in [0.25, 0.3) is 10.8 Å². The maximum Gasteiger partial charge on any atom is 0.190 e. The summed E-state index contributed by atoms with van der Waals surface area (Å²) in [7, 11) is 0. The Labute approximate surface area is 336 Å². The van der Waals surface area contributed by atoms with Crippen LogP contribution in [-0.4, -0.2) is 76.6 Å². The smallest absolute Gasteiger partial charge is 0.190 e. The van der Waals surface area contributed by atoms with Crippen LogP contribution in [0.2, 0.25) is 0 Å². The van der Waals surface area contributed by atoms with E-state index < -0.39 is 29.5 Å². The van der Waals surface area contributed by atoms with Crippen LogP contribution < -0.4 is 18.9 Å². The third-order valence-corrected chi connectivity index (χ3v) is 12.7. The highest BCUT2D eigenvalue weighted by atomic mass is 35.5. The molecule has 4 aliphatic rings. The lowest BCUT2D eigenvalue weighted by Gasteiger charge is -2.59. The Bertz CT molecular complexity index is 1960. The van der Waals surface area contributed by atoms with E-state index >= 15 is 0 Å². The van der Waals surface area contributed by atoms with Crippen molar-refractivity contribution in [3.8, 4) is 23.0 Å². The number of ketones is 2. The molecule has 2 aromatic carbocycles. The fourth-order valence-corrected chi connectivity index (χ4v) is 10.2. The van der Waals surface area contributed by atoms with Gasteiger partial charge in [0.2, 0.25) is 0 Å². The summed E-state index contributed by atoms with van der Waals surface area (Å²) in [4.78, 5) is 28.8. The zero-order chi connectivity index (χ0) is 39.5. The SMILES string of the molecule is CCOc1ccc(Cc2nccc3cc(OCC)c(OCC)cc23)cc1OCC.C[C@]12C=CC(=O)C=C1CC[C@@H]1[C@@H]2[C@@H](O)C[C@@]2(C)[C@H]1CC[C@]2(O)C(=O)CO.Cl. The normalized spacial score (nSPS) is 28.7. The number of fused-ring (bicyclic) bond motifs is 6. The number of aromatic nitrogens is 1. The Balaban J connectivity index is 0.000000211. The van der Waals surface area contributed by atoms with Gasteiger partial charge in [-0.1, -0.05) is 31.6 Å². The lowest BCUT2D eigenvalue weighted by Crippen LogP contribution is -2.61. The molecular weight excluding hydrogens is 734 g/mol. The maximum atomic E-state index is 12.4. The average molecular weight is 792 g/mol. The van der Waals surface area contributed by atoms with Crippen molar-refractivity contribution in [3.63, 3.8) is 0 Å². The number of halogens is 1. The van der Waals surface area contributed by atoms with Crippen molar-refractivity contribution in [2.24, 2.45) is 28.6 Å². The summed E-state index contributed by atoms with van der Waals surface area (Å²) in [5.74, 6) is 2.82. The van der Waals surface area contributed by atoms with Crippen LogP contribution in [-0.2, 0) is 16.0 Å². The van der Waals surface area contributed by atoms with Gasteiger partial charge >= 0.3 is 0 Å². The van der Waals surface area contributed by atoms with Gasteiger partial charge in [-0.05, 0) is 125 Å². The molecule has 304 valence electrons. The van der Waals surface area contributed by atoms with Gasteiger partial charge in [-0.3, -0.25) is 14.6 Å². The van der Waals surface area contributed by atoms with Gasteiger partial charge in [0.1, 0.15) is 12.2 Å². The molecule has 7 rings (SSSR count). The standard InChI is InChI=1S/C24H29NO4.C21H28O5.ClH/c1-5-26-21-10-9-17(14-22(21)27-6-2)13-20-19-16-24(29-8-4)23(28-7-3)15-18(19)11-12-25-20;1-19-7-5-13(23)9-12(19)3-4-14-15-6-8-21(26,17(25)11-22)20(15,2)10-16(24)18(14)19;/h9-12,14-16H,5-8,13H2,1-4H3;5,7,9,14-16,18,22,24,26H,3-4,6,8,10-11H2,1-2H3;1H/t;14-,15-,16-,18+,19-,20-,21-;/m.0./s1. The minimum absolute atomic E-state index is 0. The van der Waals surface area contributed by atoms with Gasteiger partial charge in [0.15, 0.2) is 34.6 Å². The van der Waals surface area contributed by atoms with Crippen molar-refractivity contribution in [2.45, 2.75) is 91.8 Å². The quantitative estimate of drug-likeness (QED) is 0.170. The summed E-state index contributed by atoms with van der Waals surface area (Å²) in [6, 6.07) is 12.1. The molecule has 0 saturated heterocycles. The van der Waals surface area contributed by atoms with Crippen LogP contribution in [0.15, 0.2) is 66.4 Å². The first kappa shape index (κ1) is 43.2. The molecule has 4 aliphatic carbocycles. The summed E-state index contributed by atoms with van der Waals surface area (Å²) >= 11 is 0. The Hall–Kier alpha value is -3.96. The number of rotatable bonds is 12. The predicted octanol–water partition coefficient (Wildman–Crippen LogP) is 7.40. The number of carbonyl (C=O) groups excluding carboxylic acids is 2. The molecule has 3 aromatic rings. The van der Waals surface area contributed by atoms with Gasteiger partial charge in [-0.25, -0.2) is 0 Å². The molecule has 3 N–H and O–H groups in total. The lowest BCUT2D eigenvalue weighted by molar-refractivity contribution is -0.178. The first-order valence-corrected chi connectivity index (χ1v) is 19.9. The van der Waals surface area contributed by atoms with E-state index in [9.17, 15) is 24.9 Å². The molecule has 0 amide bonds. The number of benzene rings is 2. The van der Waals surface area contributed by atoms with Crippen molar-refractivity contribution in [1.29, 1.82) is 0 Å². The van der Waals surface area contributed by atoms with E-state index in [1.54, 1.807) is 12.2 Å². The van der Waals surface area contributed by atoms with E-state index in [1.165, 1.54) is 0 Å². The first-order chi connectivity index (χ1) is 26.4. The molecule has 1 heterocycles. The van der Waals surface area contributed by atoms with Gasteiger partial charge in [0.25, 0.3) is 0 Å². The predicted molar refractivity (Wildman–Crippen MR) is 218 cm³/mol. The number of ether oxygens (including phenoxy) is 4. The van der Waals surface area contributed by atoms with E-state index in [0.29, 0.717) is 45.7 Å². The van der Waals surface area contributed by atoms with Gasteiger partial charge < -0.3 is 34.3 Å². The van der Waals surface area contributed by atoms with Gasteiger partial charge in [-0.15, -0.1) is 12.4 Å². The molecule has 0 bridgehead atoms. The minimum Gasteiger partial charge on any atom is -0.490 e. The summed E-state index contributed by atoms with van der Waals surface area (Å²) in [6.45, 7) is 13.6. The fraction of sp³-hybridized carbons (Fsp3) is 0.533. The van der Waals surface area contributed by atoms with Crippen LogP contribution in [0.4, 0.5) is 0 Å². The summed E-state index contributed by atoms with van der Waals surface area (Å²) < 4.78 is 23.0. The molecule has 1 aromatic heterocycles. The van der Waals surface area contributed by atoms with E-state index in [2.05, 4.69) is 18.0 Å². The Morgan fingerprint density at radius 3 is 2.20 bits per heavy atom. The number of hydrogen-bond acceptors (Lipinski definition) is 10. The lowest BCUT2D eigenvalue weighted by atomic mass is 9.46. The van der Waals surface area contributed by atoms with Crippen molar-refractivity contribution < 1.29 is 43.9 Å². The summed E-state index contributed by atoms with van der Waals surface area (Å²) in [5, 5.41) is 33.8. The van der Waals surface area contributed by atoms with Gasteiger partial charge in [-0.2, -0.15) is 0 Å². The Kier molecular flexibility index (Phi) is 13.6. The van der Waals surface area contributed by atoms with Crippen molar-refractivity contribution in [3.05, 3.63) is 77.7 Å². The van der Waals surface area contributed by atoms with Crippen LogP contribution in [0.1, 0.15) is 84.9 Å². The molecule has 3 saturated carbocycles. The molecule has 0 spiro atoms. The molecule has 7 atom stereocenters. The second-order valence-corrected chi connectivity index (χ2v) is 15.7. The van der Waals surface area contributed by atoms with Crippen molar-refractivity contribution in [2.75, 3.05) is 33.0 Å². The van der Waals surface area contributed by atoms with E-state index in [4.69, 9.17) is 18.9 Å². The highest BCUT2D eigenvalue weighted by Crippen LogP contribution is 2.67. The topological polar surface area (TPSA) is 145 Å². The molecule has 56 heavy (non-hydrogen) atoms. The second-order valence-electron chi connectivity index (χ2n) is 15.7. The van der Waals surface area contributed by atoms with Crippen LogP contribution in [0.5, 0.6) is 23.0 Å². The van der Waals surface area contributed by atoms with Crippen LogP contribution in [0.3, 0.4) is 0 Å². The van der Waals surface area contributed by atoms with Crippen molar-refractivity contribution in [1.82, 2.24) is 4.98 Å². The number of aliphatic hydroxyl groups excluding tert-OH is 2. The number of aliphatic hydroxyl groups is 3. The maximum absolute atomic E-state index is 12.4. The van der Waals surface area contributed by atoms with E-state index in [1.807, 2.05) is 77.2 Å². The minimum atomic E-state index is -1.56. The van der Waals surface area contributed by atoms with Gasteiger partial charge in [0.05, 0.1) is 38.2 Å². The zero-order valence-electron chi connectivity index (χ0n) is 33.5. The van der Waals surface area contributed by atoms with Gasteiger partial charge in [0, 0.05) is 34.8 Å². The first-order valence-electron chi connectivity index (χ1n) is 19.9. The second kappa shape index (κ2) is 17.7. The molecular formula is C45H58ClNO9. The van der Waals surface area contributed by atoms with Crippen molar-refractivity contribution >= 4 is 34.7 Å². The molecule has 0 radical (unpaired) electrons. The fourth-order valence-electron chi connectivity index (χ4n) is 10.2. The number of Topliss-reactive ketones (excluding diaryl/α,β-unsaturated/α-hetero) is 1. The van der Waals surface area contributed by atoms with E-state index in [0.717, 1.165) is 69.9 Å². The average Bonchev–Trinajstić information content (AvgIpc) is 3.43. The molecule has 3 fully saturated rings. The number of nitrogens with zero attached hydrogens (tertiary/aromatic N) is 1. The third-order valence-electron chi connectivity index (χ3n) is 12.7. The van der Waals surface area contributed by atoms with Crippen LogP contribution >= 0.6 is 12.4 Å². The summed E-state index contributed by atoms with van der Waals surface area (Å²) in [5.41, 5.74) is 0.557. The van der Waals surface area contributed by atoms with E-state index in [-0.39, 0.29) is 41.4 Å². The third kappa shape index (κ3) is 7.82. The van der Waals surface area contributed by atoms with Crippen LogP contribution in [0, 0.1) is 28.6 Å². The molecule has 10 nitrogen and oxygen atoms in total.